The van der Waals surface area contributed by atoms with Gasteiger partial charge in [-0.2, -0.15) is 0 Å². The number of benzene rings is 10. The second kappa shape index (κ2) is 13.8. The fourth-order valence-electron chi connectivity index (χ4n) is 9.28. The van der Waals surface area contributed by atoms with Crippen molar-refractivity contribution in [2.75, 3.05) is 0 Å². The molecule has 0 spiro atoms. The molecule has 0 radical (unpaired) electrons. The lowest BCUT2D eigenvalue weighted by molar-refractivity contribution is 1.07. The molecule has 3 nitrogen and oxygen atoms in total. The van der Waals surface area contributed by atoms with Crippen LogP contribution in [0, 0.1) is 0 Å². The molecule has 0 aliphatic rings. The van der Waals surface area contributed by atoms with Crippen molar-refractivity contribution in [1.82, 2.24) is 15.0 Å². The smallest absolute Gasteiger partial charge is 0.164 e. The van der Waals surface area contributed by atoms with Gasteiger partial charge in [-0.25, -0.2) is 15.0 Å². The summed E-state index contributed by atoms with van der Waals surface area (Å²) in [7, 11) is 0. The molecule has 0 aliphatic heterocycles. The highest BCUT2D eigenvalue weighted by molar-refractivity contribution is 6.33. The zero-order valence-electron chi connectivity index (χ0n) is 32.5. The van der Waals surface area contributed by atoms with Crippen LogP contribution in [0.1, 0.15) is 0 Å². The van der Waals surface area contributed by atoms with Crippen molar-refractivity contribution in [2.24, 2.45) is 0 Å². The maximum absolute atomic E-state index is 4.97. The summed E-state index contributed by atoms with van der Waals surface area (Å²) in [4.78, 5) is 14.8. The predicted molar refractivity (Wildman–Crippen MR) is 252 cm³/mol. The van der Waals surface area contributed by atoms with Gasteiger partial charge >= 0.3 is 0 Å². The molecular formula is C57H35N3. The lowest BCUT2D eigenvalue weighted by atomic mass is 9.87. The van der Waals surface area contributed by atoms with E-state index in [1.54, 1.807) is 0 Å². The van der Waals surface area contributed by atoms with Crippen molar-refractivity contribution < 1.29 is 0 Å². The molecular weight excluding hydrogens is 727 g/mol. The van der Waals surface area contributed by atoms with Gasteiger partial charge in [0.25, 0.3) is 0 Å². The first-order valence-electron chi connectivity index (χ1n) is 20.4. The minimum atomic E-state index is 0.645. The van der Waals surface area contributed by atoms with Gasteiger partial charge in [0.1, 0.15) is 0 Å². The second-order valence-corrected chi connectivity index (χ2v) is 15.5. The van der Waals surface area contributed by atoms with Crippen molar-refractivity contribution in [3.8, 4) is 56.4 Å². The molecule has 0 amide bonds. The molecule has 11 aromatic carbocycles. The van der Waals surface area contributed by atoms with Gasteiger partial charge in [0, 0.05) is 16.7 Å². The molecule has 1 aromatic heterocycles. The average molecular weight is 762 g/mol. The third kappa shape index (κ3) is 5.55. The van der Waals surface area contributed by atoms with E-state index >= 15 is 0 Å². The van der Waals surface area contributed by atoms with E-state index in [4.69, 9.17) is 15.0 Å². The highest BCUT2D eigenvalue weighted by Gasteiger charge is 2.17. The summed E-state index contributed by atoms with van der Waals surface area (Å²) in [5, 5.41) is 15.1. The monoisotopic (exact) mass is 761 g/mol. The van der Waals surface area contributed by atoms with Crippen LogP contribution in [0.25, 0.3) is 121 Å². The molecule has 0 unspecified atom stereocenters. The van der Waals surface area contributed by atoms with E-state index in [9.17, 15) is 0 Å². The van der Waals surface area contributed by atoms with Crippen molar-refractivity contribution in [3.63, 3.8) is 0 Å². The lowest BCUT2D eigenvalue weighted by Gasteiger charge is -2.17. The molecule has 278 valence electrons. The number of nitrogens with zero attached hydrogens (tertiary/aromatic N) is 3. The topological polar surface area (TPSA) is 38.7 Å². The molecule has 1 heterocycles. The Morgan fingerprint density at radius 1 is 0.217 bits per heavy atom. The van der Waals surface area contributed by atoms with Crippen LogP contribution in [0.4, 0.5) is 0 Å². The first-order chi connectivity index (χ1) is 29.7. The minimum Gasteiger partial charge on any atom is -0.208 e. The molecule has 0 saturated carbocycles. The third-order valence-corrected chi connectivity index (χ3v) is 12.1. The van der Waals surface area contributed by atoms with Crippen molar-refractivity contribution in [3.05, 3.63) is 212 Å². The van der Waals surface area contributed by atoms with Crippen molar-refractivity contribution in [1.29, 1.82) is 0 Å². The van der Waals surface area contributed by atoms with Crippen LogP contribution >= 0.6 is 0 Å². The first kappa shape index (κ1) is 34.1. The fraction of sp³-hybridized carbons (Fsp3) is 0. The van der Waals surface area contributed by atoms with Gasteiger partial charge in [0.2, 0.25) is 0 Å². The third-order valence-electron chi connectivity index (χ3n) is 12.1. The number of hydrogen-bond acceptors (Lipinski definition) is 3. The summed E-state index contributed by atoms with van der Waals surface area (Å²) < 4.78 is 0. The highest BCUT2D eigenvalue weighted by atomic mass is 15.0. The summed E-state index contributed by atoms with van der Waals surface area (Å²) in [5.74, 6) is 1.95. The fourth-order valence-corrected chi connectivity index (χ4v) is 9.28. The van der Waals surface area contributed by atoms with E-state index in [2.05, 4.69) is 152 Å². The molecule has 0 bridgehead atoms. The number of hydrogen-bond donors (Lipinski definition) is 0. The lowest BCUT2D eigenvalue weighted by Crippen LogP contribution is -2.00. The zero-order valence-corrected chi connectivity index (χ0v) is 32.5. The van der Waals surface area contributed by atoms with Gasteiger partial charge in [-0.15, -0.1) is 0 Å². The van der Waals surface area contributed by atoms with Crippen LogP contribution in [0.5, 0.6) is 0 Å². The summed E-state index contributed by atoms with van der Waals surface area (Å²) >= 11 is 0. The Morgan fingerprint density at radius 2 is 0.617 bits per heavy atom. The van der Waals surface area contributed by atoms with Crippen LogP contribution in [0.2, 0.25) is 0 Å². The molecule has 0 atom stereocenters. The second-order valence-electron chi connectivity index (χ2n) is 15.5. The molecule has 12 aromatic rings. The van der Waals surface area contributed by atoms with E-state index in [-0.39, 0.29) is 0 Å². The van der Waals surface area contributed by atoms with Crippen molar-refractivity contribution in [2.45, 2.75) is 0 Å². The van der Waals surface area contributed by atoms with Crippen LogP contribution in [0.3, 0.4) is 0 Å². The number of aromatic nitrogens is 3. The largest absolute Gasteiger partial charge is 0.208 e. The van der Waals surface area contributed by atoms with Crippen LogP contribution in [-0.4, -0.2) is 15.0 Å². The van der Waals surface area contributed by atoms with E-state index in [0.29, 0.717) is 17.5 Å². The molecule has 0 fully saturated rings. The Bertz CT molecular complexity index is 3580. The Kier molecular flexibility index (Phi) is 7.85. The molecule has 3 heteroatoms. The molecule has 0 saturated heterocycles. The molecule has 12 rings (SSSR count). The van der Waals surface area contributed by atoms with Gasteiger partial charge < -0.3 is 0 Å². The first-order valence-corrected chi connectivity index (χ1v) is 20.4. The number of fused-ring (bicyclic) bond motifs is 6. The normalized spacial score (nSPS) is 11.7. The minimum absolute atomic E-state index is 0.645. The Labute approximate surface area is 346 Å². The van der Waals surface area contributed by atoms with Gasteiger partial charge in [0.05, 0.1) is 0 Å². The summed E-state index contributed by atoms with van der Waals surface area (Å²) in [6.07, 6.45) is 0. The van der Waals surface area contributed by atoms with Crippen molar-refractivity contribution >= 4 is 64.6 Å². The van der Waals surface area contributed by atoms with Crippen LogP contribution < -0.4 is 0 Å². The van der Waals surface area contributed by atoms with Gasteiger partial charge in [-0.05, 0) is 99.0 Å². The standard InChI is InChI=1S/C57H35N3/c1-3-14-38(15-4-1)55-58-56(39-16-5-2-6-17-39)60-57(59-55)40-29-26-36(27-30-40)43-32-33-44(46-20-8-7-19-45(43)46)42-34-41-31-28-37-18-13-25-51-49-23-11-9-21-47(49)48-22-10-12-24-50(48)52(35-42)54(41)53(37)51/h1-35H. The SMILES string of the molecule is c1ccc(-c2nc(-c3ccccc3)nc(-c3ccc(-c4ccc(-c5cc6ccc7cccc8c9ccccc9c9ccccc9c(c5)c6c78)c5ccccc45)cc3)n2)cc1. The molecule has 60 heavy (non-hydrogen) atoms. The summed E-state index contributed by atoms with van der Waals surface area (Å²) in [5.41, 5.74) is 7.58. The van der Waals surface area contributed by atoms with Gasteiger partial charge in [-0.3, -0.25) is 0 Å². The highest BCUT2D eigenvalue weighted by Crippen LogP contribution is 2.44. The van der Waals surface area contributed by atoms with E-state index in [0.717, 1.165) is 22.3 Å². The maximum Gasteiger partial charge on any atom is 0.164 e. The Balaban J connectivity index is 1.02. The van der Waals surface area contributed by atoms with E-state index in [1.807, 2.05) is 60.7 Å². The summed E-state index contributed by atoms with van der Waals surface area (Å²) in [6, 6.07) is 76.2. The van der Waals surface area contributed by atoms with Crippen LogP contribution in [-0.2, 0) is 0 Å². The molecule has 0 aliphatic carbocycles. The average Bonchev–Trinajstić information content (AvgIpc) is 3.33. The maximum atomic E-state index is 4.97. The van der Waals surface area contributed by atoms with Gasteiger partial charge in [-0.1, -0.05) is 200 Å². The Morgan fingerprint density at radius 3 is 1.18 bits per heavy atom. The van der Waals surface area contributed by atoms with Gasteiger partial charge in [0.15, 0.2) is 17.5 Å². The van der Waals surface area contributed by atoms with E-state index < -0.39 is 0 Å². The van der Waals surface area contributed by atoms with Crippen LogP contribution in [0.15, 0.2) is 212 Å². The predicted octanol–water partition coefficient (Wildman–Crippen LogP) is 15.1. The summed E-state index contributed by atoms with van der Waals surface area (Å²) in [6.45, 7) is 0. The molecule has 0 N–H and O–H groups in total. The Hall–Kier alpha value is -8.01. The van der Waals surface area contributed by atoms with E-state index in [1.165, 1.54) is 81.3 Å². The number of rotatable bonds is 5. The zero-order chi connectivity index (χ0) is 39.6. The quantitative estimate of drug-likeness (QED) is 0.164.